The fraction of sp³-hybridized carbons (Fsp3) is 0.500. The summed E-state index contributed by atoms with van der Waals surface area (Å²) in [4.78, 5) is 0. The molecule has 1 aromatic carbocycles. The molecule has 0 aliphatic heterocycles. The van der Waals surface area contributed by atoms with Crippen LogP contribution >= 0.6 is 15.9 Å². The van der Waals surface area contributed by atoms with E-state index >= 15 is 0 Å². The molecule has 0 bridgehead atoms. The van der Waals surface area contributed by atoms with E-state index in [1.807, 2.05) is 0 Å². The van der Waals surface area contributed by atoms with Crippen LogP contribution in [0.5, 0.6) is 0 Å². The zero-order valence-corrected chi connectivity index (χ0v) is 13.8. The van der Waals surface area contributed by atoms with Crippen LogP contribution in [0.3, 0.4) is 0 Å². The summed E-state index contributed by atoms with van der Waals surface area (Å²) >= 11 is 3.63. The topological polar surface area (TPSA) is 0 Å². The van der Waals surface area contributed by atoms with Crippen LogP contribution in [0.4, 0.5) is 0 Å². The SMILES string of the molecule is CCCCc1cc(Br)cc(C=C=C(C)C2CC2)c1C. The first-order valence-electron chi connectivity index (χ1n) is 7.34. The lowest BCUT2D eigenvalue weighted by molar-refractivity contribution is 0.790. The third kappa shape index (κ3) is 4.09. The van der Waals surface area contributed by atoms with Crippen molar-refractivity contribution in [2.24, 2.45) is 5.92 Å². The Morgan fingerprint density at radius 1 is 1.42 bits per heavy atom. The second-order valence-corrected chi connectivity index (χ2v) is 6.54. The Morgan fingerprint density at radius 3 is 2.79 bits per heavy atom. The molecule has 0 atom stereocenters. The highest BCUT2D eigenvalue weighted by atomic mass is 79.9. The first kappa shape index (κ1) is 14.6. The number of hydrogen-bond donors (Lipinski definition) is 0. The number of halogens is 1. The van der Waals surface area contributed by atoms with Gasteiger partial charge in [0.05, 0.1) is 0 Å². The minimum absolute atomic E-state index is 0.809. The predicted molar refractivity (Wildman–Crippen MR) is 87.4 cm³/mol. The summed E-state index contributed by atoms with van der Waals surface area (Å²) < 4.78 is 1.18. The molecule has 102 valence electrons. The van der Waals surface area contributed by atoms with Crippen molar-refractivity contribution in [3.05, 3.63) is 44.6 Å². The zero-order chi connectivity index (χ0) is 13.8. The van der Waals surface area contributed by atoms with E-state index in [1.165, 1.54) is 58.8 Å². The van der Waals surface area contributed by atoms with Crippen molar-refractivity contribution in [2.45, 2.75) is 52.9 Å². The van der Waals surface area contributed by atoms with Gasteiger partial charge in [0, 0.05) is 4.47 Å². The smallest absolute Gasteiger partial charge is 0.0184 e. The minimum atomic E-state index is 0.809. The van der Waals surface area contributed by atoms with Gasteiger partial charge in [-0.3, -0.25) is 0 Å². The molecule has 0 unspecified atom stereocenters. The van der Waals surface area contributed by atoms with Gasteiger partial charge < -0.3 is 0 Å². The average Bonchev–Trinajstić information content (AvgIpc) is 3.21. The Balaban J connectivity index is 2.29. The normalized spacial score (nSPS) is 14.1. The second kappa shape index (κ2) is 6.59. The van der Waals surface area contributed by atoms with Gasteiger partial charge in [0.2, 0.25) is 0 Å². The molecular weight excluding hydrogens is 296 g/mol. The van der Waals surface area contributed by atoms with Crippen molar-refractivity contribution < 1.29 is 0 Å². The van der Waals surface area contributed by atoms with Crippen LogP contribution in [-0.2, 0) is 6.42 Å². The van der Waals surface area contributed by atoms with Crippen LogP contribution in [-0.4, -0.2) is 0 Å². The van der Waals surface area contributed by atoms with Crippen LogP contribution in [0.1, 0.15) is 56.2 Å². The van der Waals surface area contributed by atoms with Gasteiger partial charge >= 0.3 is 0 Å². The molecule has 0 amide bonds. The third-order valence-electron chi connectivity index (χ3n) is 3.96. The fourth-order valence-corrected chi connectivity index (χ4v) is 2.88. The summed E-state index contributed by atoms with van der Waals surface area (Å²) in [6, 6.07) is 4.47. The molecule has 0 saturated heterocycles. The maximum absolute atomic E-state index is 3.63. The van der Waals surface area contributed by atoms with Crippen molar-refractivity contribution in [1.82, 2.24) is 0 Å². The lowest BCUT2D eigenvalue weighted by Gasteiger charge is -2.09. The second-order valence-electron chi connectivity index (χ2n) is 5.63. The van der Waals surface area contributed by atoms with E-state index in [9.17, 15) is 0 Å². The van der Waals surface area contributed by atoms with Crippen LogP contribution in [0.15, 0.2) is 27.9 Å². The average molecular weight is 319 g/mol. The molecule has 0 heterocycles. The summed E-state index contributed by atoms with van der Waals surface area (Å²) in [5.41, 5.74) is 9.08. The molecule has 1 fully saturated rings. The van der Waals surface area contributed by atoms with Crippen molar-refractivity contribution >= 4 is 22.0 Å². The summed E-state index contributed by atoms with van der Waals surface area (Å²) in [6.07, 6.45) is 8.56. The standard InChI is InChI=1S/C18H23Br/c1-4-5-6-16-11-18(19)12-17(14(16)3)8-7-13(2)15-9-10-15/h8,11-12,15H,4-6,9-10H2,1-3H3. The Labute approximate surface area is 125 Å². The molecular formula is C18H23Br. The van der Waals surface area contributed by atoms with Gasteiger partial charge in [0.25, 0.3) is 0 Å². The number of aryl methyl sites for hydroxylation is 1. The molecule has 1 heteroatoms. The summed E-state index contributed by atoms with van der Waals surface area (Å²) in [5, 5.41) is 0. The number of rotatable bonds is 5. The van der Waals surface area contributed by atoms with Crippen LogP contribution in [0.25, 0.3) is 6.08 Å². The van der Waals surface area contributed by atoms with E-state index in [4.69, 9.17) is 0 Å². The van der Waals surface area contributed by atoms with Gasteiger partial charge in [-0.1, -0.05) is 29.3 Å². The Bertz CT molecular complexity index is 515. The summed E-state index contributed by atoms with van der Waals surface area (Å²) in [6.45, 7) is 6.69. The summed E-state index contributed by atoms with van der Waals surface area (Å²) in [5.74, 6) is 0.809. The maximum Gasteiger partial charge on any atom is 0.0184 e. The number of unbranched alkanes of at least 4 members (excludes halogenated alkanes) is 1. The highest BCUT2D eigenvalue weighted by Gasteiger charge is 2.22. The van der Waals surface area contributed by atoms with Gasteiger partial charge in [-0.05, 0) is 85.9 Å². The molecule has 1 aliphatic rings. The lowest BCUT2D eigenvalue weighted by Crippen LogP contribution is -1.93. The van der Waals surface area contributed by atoms with Gasteiger partial charge in [-0.2, -0.15) is 0 Å². The Morgan fingerprint density at radius 2 is 2.16 bits per heavy atom. The monoisotopic (exact) mass is 318 g/mol. The van der Waals surface area contributed by atoms with Crippen molar-refractivity contribution in [1.29, 1.82) is 0 Å². The minimum Gasteiger partial charge on any atom is -0.121 e. The van der Waals surface area contributed by atoms with Gasteiger partial charge in [0.15, 0.2) is 0 Å². The molecule has 19 heavy (non-hydrogen) atoms. The molecule has 2 rings (SSSR count). The molecule has 0 N–H and O–H groups in total. The zero-order valence-electron chi connectivity index (χ0n) is 12.2. The van der Waals surface area contributed by atoms with E-state index in [-0.39, 0.29) is 0 Å². The van der Waals surface area contributed by atoms with Crippen LogP contribution in [0, 0.1) is 12.8 Å². The fourth-order valence-electron chi connectivity index (χ4n) is 2.36. The molecule has 0 aromatic heterocycles. The van der Waals surface area contributed by atoms with Gasteiger partial charge in [-0.25, -0.2) is 0 Å². The largest absolute Gasteiger partial charge is 0.121 e. The molecule has 1 aliphatic carbocycles. The van der Waals surface area contributed by atoms with E-state index in [2.05, 4.69) is 60.6 Å². The highest BCUT2D eigenvalue weighted by Crippen LogP contribution is 2.35. The first-order valence-corrected chi connectivity index (χ1v) is 8.13. The Kier molecular flexibility index (Phi) is 5.07. The number of hydrogen-bond acceptors (Lipinski definition) is 0. The van der Waals surface area contributed by atoms with Crippen molar-refractivity contribution in [3.63, 3.8) is 0 Å². The quantitative estimate of drug-likeness (QED) is 0.578. The first-order chi connectivity index (χ1) is 9.11. The van der Waals surface area contributed by atoms with Crippen molar-refractivity contribution in [3.8, 4) is 0 Å². The predicted octanol–water partition coefficient (Wildman–Crippen LogP) is 6.07. The molecule has 1 saturated carbocycles. The van der Waals surface area contributed by atoms with Gasteiger partial charge in [0.1, 0.15) is 0 Å². The van der Waals surface area contributed by atoms with Crippen molar-refractivity contribution in [2.75, 3.05) is 0 Å². The van der Waals surface area contributed by atoms with E-state index < -0.39 is 0 Å². The third-order valence-corrected chi connectivity index (χ3v) is 4.42. The number of allylic oxidation sites excluding steroid dienone is 1. The van der Waals surface area contributed by atoms with Crippen LogP contribution < -0.4 is 0 Å². The van der Waals surface area contributed by atoms with E-state index in [0.717, 1.165) is 5.92 Å². The van der Waals surface area contributed by atoms with E-state index in [1.54, 1.807) is 0 Å². The lowest BCUT2D eigenvalue weighted by atomic mass is 9.98. The molecule has 0 radical (unpaired) electrons. The van der Waals surface area contributed by atoms with E-state index in [0.29, 0.717) is 0 Å². The molecule has 1 aromatic rings. The Hall–Kier alpha value is -0.780. The maximum atomic E-state index is 3.63. The molecule has 0 spiro atoms. The van der Waals surface area contributed by atoms with Gasteiger partial charge in [-0.15, -0.1) is 5.73 Å². The number of benzene rings is 1. The highest BCUT2D eigenvalue weighted by molar-refractivity contribution is 9.10. The summed E-state index contributed by atoms with van der Waals surface area (Å²) in [7, 11) is 0. The van der Waals surface area contributed by atoms with Crippen LogP contribution in [0.2, 0.25) is 0 Å². The molecule has 0 nitrogen and oxygen atoms in total.